The Hall–Kier alpha value is -0.900. The van der Waals surface area contributed by atoms with Gasteiger partial charge < -0.3 is 4.90 Å². The third-order valence-corrected chi connectivity index (χ3v) is 4.07. The van der Waals surface area contributed by atoms with Crippen molar-refractivity contribution in [2.75, 3.05) is 11.4 Å². The summed E-state index contributed by atoms with van der Waals surface area (Å²) in [4.78, 5) is 18.0. The predicted octanol–water partition coefficient (Wildman–Crippen LogP) is 3.11. The van der Waals surface area contributed by atoms with Gasteiger partial charge in [0.1, 0.15) is 5.69 Å². The first-order valence-corrected chi connectivity index (χ1v) is 6.83. The molecule has 1 aliphatic rings. The molecular formula is C12H18N2OS. The number of hydrogen-bond acceptors (Lipinski definition) is 4. The minimum absolute atomic E-state index is 0.0626. The first-order valence-electron chi connectivity index (χ1n) is 5.95. The lowest BCUT2D eigenvalue weighted by Gasteiger charge is -2.34. The van der Waals surface area contributed by atoms with Crippen molar-refractivity contribution in [2.24, 2.45) is 0 Å². The highest BCUT2D eigenvalue weighted by Crippen LogP contribution is 2.29. The van der Waals surface area contributed by atoms with Crippen LogP contribution in [0, 0.1) is 0 Å². The number of thiazole rings is 1. The van der Waals surface area contributed by atoms with E-state index >= 15 is 0 Å². The number of nitrogens with zero attached hydrogens (tertiary/aromatic N) is 2. The number of Topliss-reactive ketones (excluding diaryl/α,β-unsaturated/α-hetero) is 1. The van der Waals surface area contributed by atoms with Crippen LogP contribution in [0.5, 0.6) is 0 Å². The fourth-order valence-electron chi connectivity index (χ4n) is 2.23. The molecule has 0 radical (unpaired) electrons. The van der Waals surface area contributed by atoms with Crippen molar-refractivity contribution >= 4 is 22.3 Å². The fraction of sp³-hybridized carbons (Fsp3) is 0.667. The molecular weight excluding hydrogens is 220 g/mol. The SMILES string of the molecule is CCC1CCCCN1c1nc(C(C)=O)cs1. The summed E-state index contributed by atoms with van der Waals surface area (Å²) < 4.78 is 0. The van der Waals surface area contributed by atoms with Gasteiger partial charge in [-0.05, 0) is 25.7 Å². The summed E-state index contributed by atoms with van der Waals surface area (Å²) in [5, 5.41) is 2.90. The van der Waals surface area contributed by atoms with Crippen molar-refractivity contribution in [3.8, 4) is 0 Å². The van der Waals surface area contributed by atoms with E-state index < -0.39 is 0 Å². The molecule has 1 aliphatic heterocycles. The van der Waals surface area contributed by atoms with E-state index in [4.69, 9.17) is 0 Å². The van der Waals surface area contributed by atoms with Gasteiger partial charge in [-0.1, -0.05) is 6.92 Å². The molecule has 3 nitrogen and oxygen atoms in total. The van der Waals surface area contributed by atoms with Crippen LogP contribution < -0.4 is 4.90 Å². The predicted molar refractivity (Wildman–Crippen MR) is 67.4 cm³/mol. The van der Waals surface area contributed by atoms with Gasteiger partial charge in [0.25, 0.3) is 0 Å². The Kier molecular flexibility index (Phi) is 3.59. The summed E-state index contributed by atoms with van der Waals surface area (Å²) in [5.41, 5.74) is 0.612. The topological polar surface area (TPSA) is 33.2 Å². The van der Waals surface area contributed by atoms with Crippen molar-refractivity contribution in [3.05, 3.63) is 11.1 Å². The van der Waals surface area contributed by atoms with Crippen LogP contribution in [-0.4, -0.2) is 23.4 Å². The van der Waals surface area contributed by atoms with Gasteiger partial charge in [0, 0.05) is 24.9 Å². The van der Waals surface area contributed by atoms with Crippen LogP contribution >= 0.6 is 11.3 Å². The molecule has 88 valence electrons. The quantitative estimate of drug-likeness (QED) is 0.759. The number of aromatic nitrogens is 1. The zero-order chi connectivity index (χ0) is 11.5. The van der Waals surface area contributed by atoms with Gasteiger partial charge in [0.2, 0.25) is 0 Å². The van der Waals surface area contributed by atoms with Crippen molar-refractivity contribution < 1.29 is 4.79 Å². The number of carbonyl (C=O) groups is 1. The van der Waals surface area contributed by atoms with Crippen LogP contribution in [0.25, 0.3) is 0 Å². The minimum atomic E-state index is 0.0626. The maximum absolute atomic E-state index is 11.2. The molecule has 0 bridgehead atoms. The lowest BCUT2D eigenvalue weighted by molar-refractivity contribution is 0.101. The molecule has 1 aromatic rings. The second-order valence-corrected chi connectivity index (χ2v) is 5.16. The van der Waals surface area contributed by atoms with Crippen molar-refractivity contribution in [1.82, 2.24) is 4.98 Å². The lowest BCUT2D eigenvalue weighted by atomic mass is 10.0. The molecule has 0 spiro atoms. The van der Waals surface area contributed by atoms with E-state index in [9.17, 15) is 4.79 Å². The Morgan fingerprint density at radius 3 is 3.06 bits per heavy atom. The molecule has 1 fully saturated rings. The molecule has 1 aromatic heterocycles. The molecule has 0 aliphatic carbocycles. The molecule has 4 heteroatoms. The Balaban J connectivity index is 2.17. The van der Waals surface area contributed by atoms with Crippen LogP contribution in [0.4, 0.5) is 5.13 Å². The van der Waals surface area contributed by atoms with E-state index in [0.717, 1.165) is 18.1 Å². The second kappa shape index (κ2) is 4.95. The second-order valence-electron chi connectivity index (χ2n) is 4.32. The van der Waals surface area contributed by atoms with E-state index in [-0.39, 0.29) is 5.78 Å². The number of piperidine rings is 1. The van der Waals surface area contributed by atoms with Crippen LogP contribution in [0.1, 0.15) is 50.0 Å². The van der Waals surface area contributed by atoms with Gasteiger partial charge >= 0.3 is 0 Å². The first-order chi connectivity index (χ1) is 7.72. The smallest absolute Gasteiger partial charge is 0.186 e. The van der Waals surface area contributed by atoms with Gasteiger partial charge in [0.05, 0.1) is 0 Å². The van der Waals surface area contributed by atoms with Crippen molar-refractivity contribution in [3.63, 3.8) is 0 Å². The van der Waals surface area contributed by atoms with Gasteiger partial charge in [-0.3, -0.25) is 4.79 Å². The summed E-state index contributed by atoms with van der Waals surface area (Å²) in [5.74, 6) is 0.0626. The molecule has 2 rings (SSSR count). The Bertz CT molecular complexity index is 375. The van der Waals surface area contributed by atoms with Gasteiger partial charge in [-0.25, -0.2) is 4.98 Å². The van der Waals surface area contributed by atoms with E-state index in [1.54, 1.807) is 18.3 Å². The Morgan fingerprint density at radius 2 is 2.44 bits per heavy atom. The van der Waals surface area contributed by atoms with Gasteiger partial charge in [-0.2, -0.15) is 0 Å². The Morgan fingerprint density at radius 1 is 1.62 bits per heavy atom. The molecule has 0 saturated carbocycles. The Labute approximate surface area is 100 Å². The summed E-state index contributed by atoms with van der Waals surface area (Å²) in [6, 6.07) is 0.611. The molecule has 2 heterocycles. The maximum Gasteiger partial charge on any atom is 0.186 e. The van der Waals surface area contributed by atoms with Crippen molar-refractivity contribution in [2.45, 2.75) is 45.6 Å². The minimum Gasteiger partial charge on any atom is -0.345 e. The highest BCUT2D eigenvalue weighted by molar-refractivity contribution is 7.13. The normalized spacial score (nSPS) is 21.1. The van der Waals surface area contributed by atoms with Crippen molar-refractivity contribution in [1.29, 1.82) is 0 Å². The monoisotopic (exact) mass is 238 g/mol. The molecule has 0 N–H and O–H groups in total. The van der Waals surface area contributed by atoms with Crippen LogP contribution in [0.15, 0.2) is 5.38 Å². The number of hydrogen-bond donors (Lipinski definition) is 0. The third kappa shape index (κ3) is 2.26. The standard InChI is InChI=1S/C12H18N2OS/c1-3-10-6-4-5-7-14(10)12-13-11(8-16-12)9(2)15/h8,10H,3-7H2,1-2H3. The number of ketones is 1. The zero-order valence-electron chi connectivity index (χ0n) is 9.90. The van der Waals surface area contributed by atoms with Gasteiger partial charge in [0.15, 0.2) is 10.9 Å². The zero-order valence-corrected chi connectivity index (χ0v) is 10.7. The van der Waals surface area contributed by atoms with Gasteiger partial charge in [-0.15, -0.1) is 11.3 Å². The van der Waals surface area contributed by atoms with E-state index in [0.29, 0.717) is 11.7 Å². The van der Waals surface area contributed by atoms with Crippen LogP contribution in [-0.2, 0) is 0 Å². The summed E-state index contributed by atoms with van der Waals surface area (Å²) >= 11 is 1.60. The lowest BCUT2D eigenvalue weighted by Crippen LogP contribution is -2.39. The highest BCUT2D eigenvalue weighted by Gasteiger charge is 2.23. The maximum atomic E-state index is 11.2. The fourth-order valence-corrected chi connectivity index (χ4v) is 3.20. The van der Waals surface area contributed by atoms with E-state index in [1.165, 1.54) is 19.3 Å². The molecule has 1 unspecified atom stereocenters. The molecule has 0 amide bonds. The summed E-state index contributed by atoms with van der Waals surface area (Å²) in [6.45, 7) is 4.89. The van der Waals surface area contributed by atoms with Crippen LogP contribution in [0.3, 0.4) is 0 Å². The largest absolute Gasteiger partial charge is 0.345 e. The average molecular weight is 238 g/mol. The number of anilines is 1. The highest BCUT2D eigenvalue weighted by atomic mass is 32.1. The summed E-state index contributed by atoms with van der Waals surface area (Å²) in [7, 11) is 0. The third-order valence-electron chi connectivity index (χ3n) is 3.20. The van der Waals surface area contributed by atoms with Crippen LogP contribution in [0.2, 0.25) is 0 Å². The summed E-state index contributed by atoms with van der Waals surface area (Å²) in [6.07, 6.45) is 4.98. The number of carbonyl (C=O) groups excluding carboxylic acids is 1. The average Bonchev–Trinajstić information content (AvgIpc) is 2.78. The molecule has 1 atom stereocenters. The molecule has 1 saturated heterocycles. The van der Waals surface area contributed by atoms with E-state index in [2.05, 4.69) is 16.8 Å². The van der Waals surface area contributed by atoms with E-state index in [1.807, 2.05) is 5.38 Å². The number of rotatable bonds is 3. The molecule has 0 aromatic carbocycles. The first kappa shape index (κ1) is 11.6. The molecule has 16 heavy (non-hydrogen) atoms.